The van der Waals surface area contributed by atoms with Gasteiger partial charge in [-0.1, -0.05) is 17.7 Å². The topological polar surface area (TPSA) is 64.9 Å². The number of benzene rings is 1. The van der Waals surface area contributed by atoms with Gasteiger partial charge in [-0.25, -0.2) is 0 Å². The fourth-order valence-corrected chi connectivity index (χ4v) is 1.72. The van der Waals surface area contributed by atoms with Crippen LogP contribution in [-0.2, 0) is 4.79 Å². The third kappa shape index (κ3) is 4.63. The van der Waals surface area contributed by atoms with Crippen LogP contribution < -0.4 is 10.6 Å². The van der Waals surface area contributed by atoms with E-state index in [1.807, 2.05) is 12.1 Å². The van der Waals surface area contributed by atoms with Gasteiger partial charge in [-0.05, 0) is 28.1 Å². The summed E-state index contributed by atoms with van der Waals surface area (Å²) in [5, 5.41) is 14.5. The molecular weight excluding hydrogens is 305 g/mol. The molecule has 6 heteroatoms. The molecule has 0 saturated heterocycles. The smallest absolute Gasteiger partial charge is 0.239 e. The van der Waals surface area contributed by atoms with Crippen molar-refractivity contribution >= 4 is 39.1 Å². The lowest BCUT2D eigenvalue weighted by Crippen LogP contribution is -2.30. The van der Waals surface area contributed by atoms with Gasteiger partial charge < -0.3 is 10.6 Å². The molecule has 2 N–H and O–H groups in total. The number of nitrogens with one attached hydrogen (secondary N) is 2. The Morgan fingerprint density at radius 3 is 3.00 bits per heavy atom. The number of carbonyl (C=O) groups excluding carboxylic acids is 1. The average Bonchev–Trinajstić information content (AvgIpc) is 2.31. The predicted octanol–water partition coefficient (Wildman–Crippen LogP) is 2.54. The molecule has 0 saturated carbocycles. The van der Waals surface area contributed by atoms with E-state index in [1.165, 1.54) is 0 Å². The summed E-state index contributed by atoms with van der Waals surface area (Å²) in [6.07, 6.45) is 0.312. The van der Waals surface area contributed by atoms with E-state index in [4.69, 9.17) is 16.9 Å². The van der Waals surface area contributed by atoms with Crippen LogP contribution in [0.1, 0.15) is 6.42 Å². The molecule has 1 aromatic rings. The number of amides is 1. The Kier molecular flexibility index (Phi) is 5.81. The first-order valence-electron chi connectivity index (χ1n) is 4.96. The van der Waals surface area contributed by atoms with Crippen molar-refractivity contribution in [2.75, 3.05) is 18.4 Å². The zero-order chi connectivity index (χ0) is 12.7. The van der Waals surface area contributed by atoms with Gasteiger partial charge in [0.1, 0.15) is 0 Å². The van der Waals surface area contributed by atoms with Crippen molar-refractivity contribution in [2.24, 2.45) is 0 Å². The van der Waals surface area contributed by atoms with Gasteiger partial charge >= 0.3 is 0 Å². The lowest BCUT2D eigenvalue weighted by molar-refractivity contribution is -0.119. The number of nitrogens with zero attached hydrogens (tertiary/aromatic N) is 1. The maximum atomic E-state index is 11.4. The largest absolute Gasteiger partial charge is 0.375 e. The Bertz CT molecular complexity index is 445. The second-order valence-corrected chi connectivity index (χ2v) is 4.41. The van der Waals surface area contributed by atoms with Gasteiger partial charge in [0.25, 0.3) is 0 Å². The number of hydrogen-bond acceptors (Lipinski definition) is 3. The normalized spacial score (nSPS) is 9.47. The van der Waals surface area contributed by atoms with Crippen molar-refractivity contribution in [3.63, 3.8) is 0 Å². The zero-order valence-corrected chi connectivity index (χ0v) is 11.3. The molecule has 0 radical (unpaired) electrons. The Hall–Kier alpha value is -1.25. The van der Waals surface area contributed by atoms with Crippen LogP contribution in [0.2, 0.25) is 5.02 Å². The summed E-state index contributed by atoms with van der Waals surface area (Å²) >= 11 is 9.23. The number of halogens is 2. The van der Waals surface area contributed by atoms with Gasteiger partial charge in [0.15, 0.2) is 0 Å². The maximum absolute atomic E-state index is 11.4. The fraction of sp³-hybridized carbons (Fsp3) is 0.273. The Labute approximate surface area is 113 Å². The standard InChI is InChI=1S/C11H11BrClN3O/c12-11-8(13)3-1-4-9(11)16-7-10(17)15-6-2-5-14/h1,3-4,16H,2,6-7H2,(H,15,17). The molecule has 0 atom stereocenters. The number of hydrogen-bond donors (Lipinski definition) is 2. The van der Waals surface area contributed by atoms with Gasteiger partial charge in [0.2, 0.25) is 5.91 Å². The molecule has 1 rings (SSSR count). The first kappa shape index (κ1) is 13.8. The lowest BCUT2D eigenvalue weighted by atomic mass is 10.3. The van der Waals surface area contributed by atoms with E-state index < -0.39 is 0 Å². The summed E-state index contributed by atoms with van der Waals surface area (Å²) in [6.45, 7) is 0.512. The fourth-order valence-electron chi connectivity index (χ4n) is 1.14. The van der Waals surface area contributed by atoms with Crippen LogP contribution in [0.3, 0.4) is 0 Å². The second-order valence-electron chi connectivity index (χ2n) is 3.21. The van der Waals surface area contributed by atoms with Crippen LogP contribution >= 0.6 is 27.5 Å². The van der Waals surface area contributed by atoms with Gasteiger partial charge in [0, 0.05) is 6.54 Å². The second kappa shape index (κ2) is 7.15. The van der Waals surface area contributed by atoms with Crippen molar-refractivity contribution in [1.82, 2.24) is 5.32 Å². The van der Waals surface area contributed by atoms with Crippen LogP contribution in [0.5, 0.6) is 0 Å². The molecule has 0 aliphatic carbocycles. The molecule has 90 valence electrons. The average molecular weight is 317 g/mol. The maximum Gasteiger partial charge on any atom is 0.239 e. The highest BCUT2D eigenvalue weighted by Crippen LogP contribution is 2.29. The number of rotatable bonds is 5. The summed E-state index contributed by atoms with van der Waals surface area (Å²) in [6, 6.07) is 7.32. The summed E-state index contributed by atoms with van der Waals surface area (Å²) in [5.74, 6) is -0.160. The summed E-state index contributed by atoms with van der Waals surface area (Å²) in [4.78, 5) is 11.4. The first-order chi connectivity index (χ1) is 8.15. The van der Waals surface area contributed by atoms with Gasteiger partial charge in [-0.15, -0.1) is 0 Å². The third-order valence-electron chi connectivity index (χ3n) is 1.95. The molecule has 17 heavy (non-hydrogen) atoms. The molecule has 1 amide bonds. The van der Waals surface area contributed by atoms with Crippen LogP contribution in [0.25, 0.3) is 0 Å². The molecule has 0 aromatic heterocycles. The molecule has 0 spiro atoms. The summed E-state index contributed by atoms with van der Waals surface area (Å²) in [7, 11) is 0. The molecule has 0 bridgehead atoms. The van der Waals surface area contributed by atoms with Crippen molar-refractivity contribution in [3.05, 3.63) is 27.7 Å². The van der Waals surface area contributed by atoms with E-state index in [-0.39, 0.29) is 12.5 Å². The molecular formula is C11H11BrClN3O. The molecule has 1 aromatic carbocycles. The van der Waals surface area contributed by atoms with E-state index in [1.54, 1.807) is 12.1 Å². The minimum absolute atomic E-state index is 0.143. The first-order valence-corrected chi connectivity index (χ1v) is 6.13. The molecule has 0 aliphatic rings. The highest BCUT2D eigenvalue weighted by molar-refractivity contribution is 9.10. The van der Waals surface area contributed by atoms with Crippen LogP contribution in [-0.4, -0.2) is 19.0 Å². The lowest BCUT2D eigenvalue weighted by Gasteiger charge is -2.09. The van der Waals surface area contributed by atoms with E-state index in [2.05, 4.69) is 26.6 Å². The van der Waals surface area contributed by atoms with Crippen LogP contribution in [0, 0.1) is 11.3 Å². The van der Waals surface area contributed by atoms with Crippen molar-refractivity contribution in [1.29, 1.82) is 5.26 Å². The van der Waals surface area contributed by atoms with Gasteiger partial charge in [0.05, 0.1) is 34.2 Å². The number of carbonyl (C=O) groups is 1. The molecule has 4 nitrogen and oxygen atoms in total. The molecule has 0 heterocycles. The van der Waals surface area contributed by atoms with E-state index >= 15 is 0 Å². The minimum Gasteiger partial charge on any atom is -0.375 e. The molecule has 0 unspecified atom stereocenters. The van der Waals surface area contributed by atoms with Crippen molar-refractivity contribution < 1.29 is 4.79 Å². The van der Waals surface area contributed by atoms with Gasteiger partial charge in [-0.2, -0.15) is 5.26 Å². The predicted molar refractivity (Wildman–Crippen MR) is 70.9 cm³/mol. The van der Waals surface area contributed by atoms with Gasteiger partial charge in [-0.3, -0.25) is 4.79 Å². The van der Waals surface area contributed by atoms with E-state index in [0.29, 0.717) is 18.0 Å². The minimum atomic E-state index is -0.160. The van der Waals surface area contributed by atoms with Crippen molar-refractivity contribution in [3.8, 4) is 6.07 Å². The van der Waals surface area contributed by atoms with Crippen LogP contribution in [0.15, 0.2) is 22.7 Å². The van der Waals surface area contributed by atoms with Crippen molar-refractivity contribution in [2.45, 2.75) is 6.42 Å². The highest BCUT2D eigenvalue weighted by Gasteiger charge is 2.05. The summed E-state index contributed by atoms with van der Waals surface area (Å²) < 4.78 is 0.728. The number of nitriles is 1. The van der Waals surface area contributed by atoms with Crippen LogP contribution in [0.4, 0.5) is 5.69 Å². The Morgan fingerprint density at radius 2 is 2.29 bits per heavy atom. The SMILES string of the molecule is N#CCCNC(=O)CNc1cccc(Cl)c1Br. The molecule has 0 fully saturated rings. The summed E-state index contributed by atoms with van der Waals surface area (Å²) in [5.41, 5.74) is 0.757. The third-order valence-corrected chi connectivity index (χ3v) is 3.35. The Balaban J connectivity index is 2.43. The molecule has 0 aliphatic heterocycles. The monoisotopic (exact) mass is 315 g/mol. The Morgan fingerprint density at radius 1 is 1.53 bits per heavy atom. The zero-order valence-electron chi connectivity index (χ0n) is 8.96. The number of anilines is 1. The highest BCUT2D eigenvalue weighted by atomic mass is 79.9. The quantitative estimate of drug-likeness (QED) is 0.821. The van der Waals surface area contributed by atoms with E-state index in [0.717, 1.165) is 10.2 Å². The van der Waals surface area contributed by atoms with E-state index in [9.17, 15) is 4.79 Å².